The SMILES string of the molecule is CC.CCNc1cc(NC2CC2)ccc1CCC=O. The standard InChI is InChI=1S/C14H20N2O.C2H6/c1-2-15-14-10-13(16-12-7-8-12)6-5-11(14)4-3-9-17;1-2/h5-6,9-10,12,15-16H,2-4,7-8H2,1H3;1-2H3. The second-order valence-electron chi connectivity index (χ2n) is 4.53. The number of aldehydes is 1. The fraction of sp³-hybridized carbons (Fsp3) is 0.562. The molecule has 0 aliphatic heterocycles. The predicted octanol–water partition coefficient (Wildman–Crippen LogP) is 3.85. The summed E-state index contributed by atoms with van der Waals surface area (Å²) in [4.78, 5) is 10.4. The summed E-state index contributed by atoms with van der Waals surface area (Å²) in [5.41, 5.74) is 3.55. The van der Waals surface area contributed by atoms with Crippen LogP contribution in [0.25, 0.3) is 0 Å². The molecule has 0 saturated heterocycles. The lowest BCUT2D eigenvalue weighted by molar-refractivity contribution is -0.107. The van der Waals surface area contributed by atoms with Crippen molar-refractivity contribution < 1.29 is 4.79 Å². The number of rotatable bonds is 7. The van der Waals surface area contributed by atoms with Gasteiger partial charge < -0.3 is 15.4 Å². The maximum atomic E-state index is 10.4. The third-order valence-corrected chi connectivity index (χ3v) is 2.96. The van der Waals surface area contributed by atoms with E-state index < -0.39 is 0 Å². The van der Waals surface area contributed by atoms with Crippen LogP contribution < -0.4 is 10.6 Å². The van der Waals surface area contributed by atoms with E-state index in [-0.39, 0.29) is 0 Å². The van der Waals surface area contributed by atoms with Crippen molar-refractivity contribution in [1.29, 1.82) is 0 Å². The van der Waals surface area contributed by atoms with Gasteiger partial charge in [0.25, 0.3) is 0 Å². The Kier molecular flexibility index (Phi) is 7.01. The van der Waals surface area contributed by atoms with Crippen LogP contribution in [-0.2, 0) is 11.2 Å². The van der Waals surface area contributed by atoms with Gasteiger partial charge in [0.05, 0.1) is 0 Å². The third kappa shape index (κ3) is 5.33. The van der Waals surface area contributed by atoms with E-state index in [0.717, 1.165) is 24.9 Å². The lowest BCUT2D eigenvalue weighted by Crippen LogP contribution is -2.05. The van der Waals surface area contributed by atoms with E-state index in [1.165, 1.54) is 24.1 Å². The molecule has 106 valence electrons. The largest absolute Gasteiger partial charge is 0.385 e. The number of carbonyl (C=O) groups excluding carboxylic acids is 1. The van der Waals surface area contributed by atoms with Crippen molar-refractivity contribution in [1.82, 2.24) is 0 Å². The monoisotopic (exact) mass is 262 g/mol. The molecule has 0 bridgehead atoms. The van der Waals surface area contributed by atoms with Crippen LogP contribution in [0.1, 0.15) is 45.6 Å². The van der Waals surface area contributed by atoms with E-state index in [2.05, 4.69) is 35.8 Å². The molecule has 0 spiro atoms. The summed E-state index contributed by atoms with van der Waals surface area (Å²) in [7, 11) is 0. The van der Waals surface area contributed by atoms with Crippen LogP contribution in [0.4, 0.5) is 11.4 Å². The zero-order valence-electron chi connectivity index (χ0n) is 12.3. The Balaban J connectivity index is 0.000000861. The summed E-state index contributed by atoms with van der Waals surface area (Å²) in [6.07, 6.45) is 4.95. The van der Waals surface area contributed by atoms with E-state index in [9.17, 15) is 4.79 Å². The molecule has 19 heavy (non-hydrogen) atoms. The topological polar surface area (TPSA) is 41.1 Å². The zero-order chi connectivity index (χ0) is 14.1. The minimum absolute atomic E-state index is 0.591. The Hall–Kier alpha value is -1.51. The number of aryl methyl sites for hydroxylation is 1. The number of benzene rings is 1. The Morgan fingerprint density at radius 1 is 1.32 bits per heavy atom. The number of hydrogen-bond donors (Lipinski definition) is 2. The molecular formula is C16H26N2O. The molecule has 0 unspecified atom stereocenters. The summed E-state index contributed by atoms with van der Waals surface area (Å²) in [6, 6.07) is 7.05. The highest BCUT2D eigenvalue weighted by atomic mass is 16.1. The summed E-state index contributed by atoms with van der Waals surface area (Å²) in [5.74, 6) is 0. The zero-order valence-corrected chi connectivity index (χ0v) is 12.3. The van der Waals surface area contributed by atoms with Crippen LogP contribution in [0.3, 0.4) is 0 Å². The van der Waals surface area contributed by atoms with Gasteiger partial charge in [-0.1, -0.05) is 19.9 Å². The number of carbonyl (C=O) groups is 1. The molecule has 1 aliphatic carbocycles. The van der Waals surface area contributed by atoms with Crippen molar-refractivity contribution in [2.75, 3.05) is 17.2 Å². The normalized spacial score (nSPS) is 13.2. The molecule has 0 heterocycles. The summed E-state index contributed by atoms with van der Waals surface area (Å²) >= 11 is 0. The van der Waals surface area contributed by atoms with Gasteiger partial charge in [-0.25, -0.2) is 0 Å². The van der Waals surface area contributed by atoms with Crippen LogP contribution in [0, 0.1) is 0 Å². The molecule has 1 aromatic rings. The first kappa shape index (κ1) is 15.5. The average Bonchev–Trinajstić information content (AvgIpc) is 3.25. The first-order valence-electron chi connectivity index (χ1n) is 7.40. The van der Waals surface area contributed by atoms with Crippen LogP contribution in [-0.4, -0.2) is 18.9 Å². The minimum Gasteiger partial charge on any atom is -0.385 e. The average molecular weight is 262 g/mol. The smallest absolute Gasteiger partial charge is 0.120 e. The molecule has 0 aromatic heterocycles. The van der Waals surface area contributed by atoms with Gasteiger partial charge in [0.15, 0.2) is 0 Å². The maximum Gasteiger partial charge on any atom is 0.120 e. The van der Waals surface area contributed by atoms with Crippen LogP contribution in [0.2, 0.25) is 0 Å². The van der Waals surface area contributed by atoms with Gasteiger partial charge in [0.1, 0.15) is 6.29 Å². The number of nitrogens with one attached hydrogen (secondary N) is 2. The van der Waals surface area contributed by atoms with Crippen LogP contribution >= 0.6 is 0 Å². The Morgan fingerprint density at radius 3 is 2.63 bits per heavy atom. The molecule has 1 aromatic carbocycles. The van der Waals surface area contributed by atoms with Crippen molar-refractivity contribution in [3.8, 4) is 0 Å². The molecule has 3 heteroatoms. The van der Waals surface area contributed by atoms with Gasteiger partial charge in [-0.05, 0) is 43.9 Å². The highest BCUT2D eigenvalue weighted by molar-refractivity contribution is 5.63. The van der Waals surface area contributed by atoms with Crippen LogP contribution in [0.5, 0.6) is 0 Å². The Bertz CT molecular complexity index is 386. The molecule has 0 amide bonds. The molecule has 1 fully saturated rings. The van der Waals surface area contributed by atoms with E-state index in [4.69, 9.17) is 0 Å². The Morgan fingerprint density at radius 2 is 2.05 bits per heavy atom. The maximum absolute atomic E-state index is 10.4. The highest BCUT2D eigenvalue weighted by Gasteiger charge is 2.20. The Labute approximate surface area is 116 Å². The van der Waals surface area contributed by atoms with Crippen molar-refractivity contribution in [3.05, 3.63) is 23.8 Å². The molecule has 3 nitrogen and oxygen atoms in total. The molecule has 1 aliphatic rings. The van der Waals surface area contributed by atoms with E-state index in [1.807, 2.05) is 13.8 Å². The predicted molar refractivity (Wildman–Crippen MR) is 83.0 cm³/mol. The lowest BCUT2D eigenvalue weighted by Gasteiger charge is -2.13. The molecule has 1 saturated carbocycles. The lowest BCUT2D eigenvalue weighted by atomic mass is 10.1. The minimum atomic E-state index is 0.591. The van der Waals surface area contributed by atoms with E-state index in [0.29, 0.717) is 12.5 Å². The first-order chi connectivity index (χ1) is 9.33. The van der Waals surface area contributed by atoms with Crippen molar-refractivity contribution >= 4 is 17.7 Å². The molecule has 0 atom stereocenters. The van der Waals surface area contributed by atoms with Gasteiger partial charge in [-0.2, -0.15) is 0 Å². The van der Waals surface area contributed by atoms with Gasteiger partial charge in [-0.3, -0.25) is 0 Å². The van der Waals surface area contributed by atoms with E-state index >= 15 is 0 Å². The quantitative estimate of drug-likeness (QED) is 0.733. The second kappa shape index (κ2) is 8.57. The van der Waals surface area contributed by atoms with Crippen molar-refractivity contribution in [2.45, 2.75) is 52.5 Å². The fourth-order valence-electron chi connectivity index (χ4n) is 1.92. The molecular weight excluding hydrogens is 236 g/mol. The summed E-state index contributed by atoms with van der Waals surface area (Å²) in [5, 5.41) is 6.85. The van der Waals surface area contributed by atoms with E-state index in [1.54, 1.807) is 0 Å². The van der Waals surface area contributed by atoms with Crippen molar-refractivity contribution in [3.63, 3.8) is 0 Å². The summed E-state index contributed by atoms with van der Waals surface area (Å²) in [6.45, 7) is 6.99. The fourth-order valence-corrected chi connectivity index (χ4v) is 1.92. The first-order valence-corrected chi connectivity index (χ1v) is 7.40. The van der Waals surface area contributed by atoms with Gasteiger partial charge >= 0.3 is 0 Å². The molecule has 2 N–H and O–H groups in total. The molecule has 0 radical (unpaired) electrons. The molecule has 2 rings (SSSR count). The van der Waals surface area contributed by atoms with Crippen LogP contribution in [0.15, 0.2) is 18.2 Å². The van der Waals surface area contributed by atoms with Gasteiger partial charge in [0, 0.05) is 30.4 Å². The summed E-state index contributed by atoms with van der Waals surface area (Å²) < 4.78 is 0. The third-order valence-electron chi connectivity index (χ3n) is 2.96. The van der Waals surface area contributed by atoms with Crippen molar-refractivity contribution in [2.24, 2.45) is 0 Å². The second-order valence-corrected chi connectivity index (χ2v) is 4.53. The van der Waals surface area contributed by atoms with Gasteiger partial charge in [-0.15, -0.1) is 0 Å². The number of anilines is 2. The number of hydrogen-bond acceptors (Lipinski definition) is 3. The van der Waals surface area contributed by atoms with Gasteiger partial charge in [0.2, 0.25) is 0 Å². The highest BCUT2D eigenvalue weighted by Crippen LogP contribution is 2.28.